The average Bonchev–Trinajstić information content (AvgIpc) is 3.41. The van der Waals surface area contributed by atoms with Crippen molar-refractivity contribution < 1.29 is 9.59 Å². The first-order valence-electron chi connectivity index (χ1n) is 9.37. The maximum Gasteiger partial charge on any atom is 0.282 e. The lowest BCUT2D eigenvalue weighted by Gasteiger charge is -2.22. The zero-order valence-corrected chi connectivity index (χ0v) is 16.5. The molecule has 0 spiro atoms. The maximum atomic E-state index is 13.0. The summed E-state index contributed by atoms with van der Waals surface area (Å²) in [6.07, 6.45) is 4.65. The Labute approximate surface area is 171 Å². The van der Waals surface area contributed by atoms with Crippen molar-refractivity contribution in [2.45, 2.75) is 24.8 Å². The third kappa shape index (κ3) is 3.27. The number of aromatic nitrogens is 4. The fourth-order valence-electron chi connectivity index (χ4n) is 3.81. The summed E-state index contributed by atoms with van der Waals surface area (Å²) in [5.74, 6) is 0.192. The second-order valence-corrected chi connectivity index (χ2v) is 8.35. The number of amides is 2. The molecule has 1 saturated carbocycles. The number of carbonyl (C=O) groups is 2. The molecule has 9 heteroatoms. The van der Waals surface area contributed by atoms with Crippen LogP contribution in [0.1, 0.15) is 38.4 Å². The first kappa shape index (κ1) is 17.9. The van der Waals surface area contributed by atoms with E-state index in [1.165, 1.54) is 16.2 Å². The highest BCUT2D eigenvalue weighted by Gasteiger charge is 2.53. The molecular weight excluding hydrogens is 388 g/mol. The zero-order valence-electron chi connectivity index (χ0n) is 15.6. The number of fused-ring (bicyclic) bond motifs is 3. The summed E-state index contributed by atoms with van der Waals surface area (Å²) in [5, 5.41) is 12.1. The molecule has 0 radical (unpaired) electrons. The van der Waals surface area contributed by atoms with E-state index in [9.17, 15) is 9.59 Å². The number of hydrogen-bond acceptors (Lipinski definition) is 7. The molecule has 3 aromatic rings. The van der Waals surface area contributed by atoms with E-state index in [1.54, 1.807) is 19.4 Å². The maximum absolute atomic E-state index is 13.0. The van der Waals surface area contributed by atoms with Gasteiger partial charge in [0.05, 0.1) is 5.69 Å². The summed E-state index contributed by atoms with van der Waals surface area (Å²) in [4.78, 5) is 36.0. The molecule has 1 unspecified atom stereocenters. The van der Waals surface area contributed by atoms with E-state index < -0.39 is 6.04 Å². The van der Waals surface area contributed by atoms with Crippen LogP contribution in [-0.4, -0.2) is 45.1 Å². The molecule has 146 valence electrons. The van der Waals surface area contributed by atoms with E-state index in [0.717, 1.165) is 22.7 Å². The minimum Gasteiger partial charge on any atom is -0.338 e. The summed E-state index contributed by atoms with van der Waals surface area (Å²) in [6, 6.07) is 9.28. The van der Waals surface area contributed by atoms with Crippen LogP contribution in [0.3, 0.4) is 0 Å². The zero-order chi connectivity index (χ0) is 20.0. The van der Waals surface area contributed by atoms with Gasteiger partial charge in [0, 0.05) is 31.8 Å². The molecule has 3 heterocycles. The molecule has 8 nitrogen and oxygen atoms in total. The topological polar surface area (TPSA) is 101 Å². The summed E-state index contributed by atoms with van der Waals surface area (Å²) in [7, 11) is 1.67. The molecule has 1 N–H and O–H groups in total. The Morgan fingerprint density at radius 2 is 2.00 bits per heavy atom. The Bertz CT molecular complexity index is 1090. The predicted molar refractivity (Wildman–Crippen MR) is 107 cm³/mol. The SMILES string of the molecule is CN1C(=O)[C@@H](NC(=O)c2nnc(Cc3ccccc3)s2)C2C[C@H]2c2nccnc21. The summed E-state index contributed by atoms with van der Waals surface area (Å²) >= 11 is 1.25. The Morgan fingerprint density at radius 3 is 2.83 bits per heavy atom. The van der Waals surface area contributed by atoms with Crippen molar-refractivity contribution in [3.05, 3.63) is 64.0 Å². The molecule has 29 heavy (non-hydrogen) atoms. The first-order valence-corrected chi connectivity index (χ1v) is 10.2. The van der Waals surface area contributed by atoms with Crippen LogP contribution in [0.25, 0.3) is 0 Å². The fraction of sp³-hybridized carbons (Fsp3) is 0.300. The van der Waals surface area contributed by atoms with Gasteiger partial charge in [-0.15, -0.1) is 10.2 Å². The van der Waals surface area contributed by atoms with Crippen LogP contribution in [0.4, 0.5) is 5.82 Å². The number of nitrogens with zero attached hydrogens (tertiary/aromatic N) is 5. The van der Waals surface area contributed by atoms with E-state index in [4.69, 9.17) is 0 Å². The molecule has 1 aliphatic carbocycles. The molecule has 0 saturated heterocycles. The Morgan fingerprint density at radius 1 is 1.21 bits per heavy atom. The molecule has 1 aromatic carbocycles. The van der Waals surface area contributed by atoms with Gasteiger partial charge in [-0.1, -0.05) is 41.7 Å². The van der Waals surface area contributed by atoms with Gasteiger partial charge >= 0.3 is 0 Å². The highest BCUT2D eigenvalue weighted by molar-refractivity contribution is 7.13. The van der Waals surface area contributed by atoms with Crippen LogP contribution in [0.2, 0.25) is 0 Å². The minimum absolute atomic E-state index is 0.0311. The predicted octanol–water partition coefficient (Wildman–Crippen LogP) is 1.80. The lowest BCUT2D eigenvalue weighted by atomic mass is 10.1. The van der Waals surface area contributed by atoms with Crippen molar-refractivity contribution in [2.24, 2.45) is 5.92 Å². The largest absolute Gasteiger partial charge is 0.338 e. The third-order valence-electron chi connectivity index (χ3n) is 5.39. The molecule has 2 amide bonds. The number of benzene rings is 1. The molecule has 2 aromatic heterocycles. The van der Waals surface area contributed by atoms with E-state index in [2.05, 4.69) is 25.5 Å². The monoisotopic (exact) mass is 406 g/mol. The second-order valence-electron chi connectivity index (χ2n) is 7.28. The van der Waals surface area contributed by atoms with Gasteiger partial charge in [-0.05, 0) is 17.9 Å². The minimum atomic E-state index is -0.616. The Kier molecular flexibility index (Phi) is 4.31. The number of hydrogen-bond donors (Lipinski definition) is 1. The molecule has 5 rings (SSSR count). The molecule has 1 aliphatic heterocycles. The quantitative estimate of drug-likeness (QED) is 0.709. The van der Waals surface area contributed by atoms with Gasteiger partial charge in [-0.3, -0.25) is 19.5 Å². The molecule has 2 aliphatic rings. The van der Waals surface area contributed by atoms with Crippen molar-refractivity contribution >= 4 is 29.0 Å². The molecule has 0 bridgehead atoms. The lowest BCUT2D eigenvalue weighted by Crippen LogP contribution is -2.48. The highest BCUT2D eigenvalue weighted by Crippen LogP contribution is 2.53. The van der Waals surface area contributed by atoms with Crippen LogP contribution in [0.15, 0.2) is 42.7 Å². The van der Waals surface area contributed by atoms with Crippen molar-refractivity contribution in [2.75, 3.05) is 11.9 Å². The van der Waals surface area contributed by atoms with Crippen LogP contribution in [0, 0.1) is 5.92 Å². The highest BCUT2D eigenvalue weighted by atomic mass is 32.1. The van der Waals surface area contributed by atoms with Gasteiger partial charge in [-0.2, -0.15) is 0 Å². The van der Waals surface area contributed by atoms with Crippen molar-refractivity contribution in [1.29, 1.82) is 0 Å². The van der Waals surface area contributed by atoms with Gasteiger partial charge in [0.25, 0.3) is 11.8 Å². The van der Waals surface area contributed by atoms with Gasteiger partial charge in [0.15, 0.2) is 5.82 Å². The lowest BCUT2D eigenvalue weighted by molar-refractivity contribution is -0.120. The van der Waals surface area contributed by atoms with Crippen molar-refractivity contribution in [3.8, 4) is 0 Å². The first-order chi connectivity index (χ1) is 14.1. The number of nitrogens with one attached hydrogen (secondary N) is 1. The second kappa shape index (κ2) is 7.00. The average molecular weight is 406 g/mol. The number of carbonyl (C=O) groups excluding carboxylic acids is 2. The van der Waals surface area contributed by atoms with Gasteiger partial charge in [-0.25, -0.2) is 4.98 Å². The summed E-state index contributed by atoms with van der Waals surface area (Å²) in [5.41, 5.74) is 1.93. The van der Waals surface area contributed by atoms with E-state index in [0.29, 0.717) is 12.2 Å². The Hall–Kier alpha value is -3.20. The summed E-state index contributed by atoms with van der Waals surface area (Å²) in [6.45, 7) is 0. The standard InChI is InChI=1S/C20H18N6O2S/c1-26-17-15(21-7-8-22-17)12-10-13(12)16(20(26)28)23-18(27)19-25-24-14(29-19)9-11-5-3-2-4-6-11/h2-8,12-13,16H,9-10H2,1H3,(H,23,27)/t12-,13?,16+/m1/s1. The molecular formula is C20H18N6O2S. The van der Waals surface area contributed by atoms with Crippen LogP contribution >= 0.6 is 11.3 Å². The van der Waals surface area contributed by atoms with Gasteiger partial charge in [0.1, 0.15) is 11.0 Å². The van der Waals surface area contributed by atoms with Crippen molar-refractivity contribution in [3.63, 3.8) is 0 Å². The van der Waals surface area contributed by atoms with E-state index in [-0.39, 0.29) is 28.7 Å². The van der Waals surface area contributed by atoms with E-state index in [1.807, 2.05) is 30.3 Å². The number of anilines is 1. The van der Waals surface area contributed by atoms with E-state index >= 15 is 0 Å². The number of rotatable bonds is 4. The Balaban J connectivity index is 1.32. The summed E-state index contributed by atoms with van der Waals surface area (Å²) < 4.78 is 0. The molecule has 3 atom stereocenters. The van der Waals surface area contributed by atoms with Crippen LogP contribution < -0.4 is 10.2 Å². The fourth-order valence-corrected chi connectivity index (χ4v) is 4.59. The smallest absolute Gasteiger partial charge is 0.282 e. The third-order valence-corrected chi connectivity index (χ3v) is 6.31. The molecule has 1 fully saturated rings. The van der Waals surface area contributed by atoms with Crippen LogP contribution in [-0.2, 0) is 11.2 Å². The van der Waals surface area contributed by atoms with Gasteiger partial charge in [0.2, 0.25) is 5.01 Å². The number of likely N-dealkylation sites (N-methyl/N-ethyl adjacent to an activating group) is 1. The van der Waals surface area contributed by atoms with Crippen molar-refractivity contribution in [1.82, 2.24) is 25.5 Å². The normalized spacial score (nSPS) is 22.4. The van der Waals surface area contributed by atoms with Crippen LogP contribution in [0.5, 0.6) is 0 Å². The van der Waals surface area contributed by atoms with Gasteiger partial charge < -0.3 is 5.32 Å².